The van der Waals surface area contributed by atoms with Gasteiger partial charge in [-0.15, -0.1) is 0 Å². The van der Waals surface area contributed by atoms with E-state index in [-0.39, 0.29) is 6.42 Å². The van der Waals surface area contributed by atoms with Crippen molar-refractivity contribution in [2.45, 2.75) is 71.0 Å². The summed E-state index contributed by atoms with van der Waals surface area (Å²) < 4.78 is 6.64. The summed E-state index contributed by atoms with van der Waals surface area (Å²) in [5.74, 6) is -0.807. The average molecular weight is 363 g/mol. The van der Waals surface area contributed by atoms with Gasteiger partial charge in [0.25, 0.3) is 0 Å². The van der Waals surface area contributed by atoms with Crippen molar-refractivity contribution in [1.29, 1.82) is 0 Å². The van der Waals surface area contributed by atoms with Gasteiger partial charge >= 0.3 is 5.97 Å². The van der Waals surface area contributed by atoms with Gasteiger partial charge in [-0.1, -0.05) is 78.0 Å². The highest BCUT2D eigenvalue weighted by molar-refractivity contribution is 6.77. The molecule has 1 rings (SSSR count). The highest BCUT2D eigenvalue weighted by Crippen LogP contribution is 2.42. The summed E-state index contributed by atoms with van der Waals surface area (Å²) in [6, 6.07) is 8.15. The van der Waals surface area contributed by atoms with Gasteiger partial charge in [-0.25, -0.2) is 0 Å². The molecule has 0 saturated carbocycles. The molecule has 0 saturated heterocycles. The van der Waals surface area contributed by atoms with E-state index in [1.54, 1.807) is 6.08 Å². The molecule has 0 atom stereocenters. The first-order chi connectivity index (χ1) is 11.7. The van der Waals surface area contributed by atoms with Crippen LogP contribution in [0.3, 0.4) is 0 Å². The number of carboxylic acids is 1. The number of aliphatic carboxylic acids is 1. The maximum atomic E-state index is 10.7. The zero-order chi connectivity index (χ0) is 19.0. The lowest BCUT2D eigenvalue weighted by molar-refractivity contribution is -0.135. The summed E-state index contributed by atoms with van der Waals surface area (Å²) >= 11 is 0. The van der Waals surface area contributed by atoms with Crippen LogP contribution >= 0.6 is 0 Å². The molecule has 0 radical (unpaired) electrons. The van der Waals surface area contributed by atoms with Crippen LogP contribution in [0.5, 0.6) is 0 Å². The fraction of sp³-hybridized carbons (Fsp3) is 0.571. The molecule has 0 aliphatic rings. The Morgan fingerprint density at radius 2 is 1.64 bits per heavy atom. The normalized spacial score (nSPS) is 12.7. The van der Waals surface area contributed by atoms with Gasteiger partial charge in [-0.05, 0) is 34.2 Å². The van der Waals surface area contributed by atoms with Gasteiger partial charge in [0.15, 0.2) is 8.32 Å². The van der Waals surface area contributed by atoms with Gasteiger partial charge in [0, 0.05) is 6.61 Å². The molecule has 0 fully saturated rings. The highest BCUT2D eigenvalue weighted by atomic mass is 28.4. The van der Waals surface area contributed by atoms with Crippen LogP contribution in [0.15, 0.2) is 30.3 Å². The van der Waals surface area contributed by atoms with Gasteiger partial charge in [0.2, 0.25) is 0 Å². The van der Waals surface area contributed by atoms with Gasteiger partial charge < -0.3 is 9.53 Å². The van der Waals surface area contributed by atoms with Crippen molar-refractivity contribution in [1.82, 2.24) is 0 Å². The van der Waals surface area contributed by atoms with Gasteiger partial charge in [-0.2, -0.15) is 0 Å². The van der Waals surface area contributed by atoms with Crippen LogP contribution in [-0.4, -0.2) is 26.0 Å². The molecule has 0 heterocycles. The third-order valence-corrected chi connectivity index (χ3v) is 11.2. The SMILES string of the molecule is CC(C)[Si](OCCc1ccccc1C=CCC(=O)O)(C(C)C)C(C)C. The number of carbonyl (C=O) groups is 1. The van der Waals surface area contributed by atoms with Crippen molar-refractivity contribution in [3.8, 4) is 0 Å². The Hall–Kier alpha value is -1.39. The monoisotopic (exact) mass is 362 g/mol. The van der Waals surface area contributed by atoms with E-state index in [1.165, 1.54) is 5.56 Å². The fourth-order valence-electron chi connectivity index (χ4n) is 4.05. The minimum Gasteiger partial charge on any atom is -0.481 e. The highest BCUT2D eigenvalue weighted by Gasteiger charge is 2.44. The third kappa shape index (κ3) is 5.82. The number of carboxylic acid groups (broad SMARTS) is 1. The summed E-state index contributed by atoms with van der Waals surface area (Å²) in [6.45, 7) is 14.5. The zero-order valence-corrected chi connectivity index (χ0v) is 17.6. The summed E-state index contributed by atoms with van der Waals surface area (Å²) in [7, 11) is -1.83. The van der Waals surface area contributed by atoms with E-state index in [0.29, 0.717) is 16.6 Å². The number of benzene rings is 1. The van der Waals surface area contributed by atoms with Gasteiger partial charge in [0.1, 0.15) is 0 Å². The van der Waals surface area contributed by atoms with Gasteiger partial charge in [-0.3, -0.25) is 4.79 Å². The molecule has 1 aromatic carbocycles. The minimum atomic E-state index is -1.83. The van der Waals surface area contributed by atoms with Crippen molar-refractivity contribution in [3.63, 3.8) is 0 Å². The molecular weight excluding hydrogens is 328 g/mol. The Labute approximate surface area is 154 Å². The molecule has 1 aromatic rings. The second kappa shape index (κ2) is 9.93. The van der Waals surface area contributed by atoms with E-state index < -0.39 is 14.3 Å². The molecule has 0 bridgehead atoms. The van der Waals surface area contributed by atoms with Crippen LogP contribution in [-0.2, 0) is 15.6 Å². The van der Waals surface area contributed by atoms with Crippen LogP contribution in [0, 0.1) is 0 Å². The molecule has 0 aliphatic heterocycles. The maximum Gasteiger partial charge on any atom is 0.307 e. The van der Waals surface area contributed by atoms with Crippen molar-refractivity contribution in [2.24, 2.45) is 0 Å². The van der Waals surface area contributed by atoms with Crippen molar-refractivity contribution < 1.29 is 14.3 Å². The van der Waals surface area contributed by atoms with Crippen LogP contribution in [0.1, 0.15) is 59.1 Å². The second-order valence-corrected chi connectivity index (χ2v) is 13.1. The van der Waals surface area contributed by atoms with E-state index in [1.807, 2.05) is 24.3 Å². The topological polar surface area (TPSA) is 46.5 Å². The Balaban J connectivity index is 2.84. The molecule has 25 heavy (non-hydrogen) atoms. The van der Waals surface area contributed by atoms with Crippen LogP contribution < -0.4 is 0 Å². The lowest BCUT2D eigenvalue weighted by Gasteiger charge is -2.42. The molecule has 0 unspecified atom stereocenters. The first-order valence-electron chi connectivity index (χ1n) is 9.32. The molecule has 0 spiro atoms. The lowest BCUT2D eigenvalue weighted by Crippen LogP contribution is -2.48. The van der Waals surface area contributed by atoms with E-state index in [4.69, 9.17) is 9.53 Å². The fourth-order valence-corrected chi connectivity index (χ4v) is 9.50. The largest absolute Gasteiger partial charge is 0.481 e. The molecule has 3 nitrogen and oxygen atoms in total. The number of hydrogen-bond donors (Lipinski definition) is 1. The van der Waals surface area contributed by atoms with Crippen LogP contribution in [0.4, 0.5) is 0 Å². The Morgan fingerprint density at radius 1 is 1.08 bits per heavy atom. The quantitative estimate of drug-likeness (QED) is 0.526. The molecule has 4 heteroatoms. The molecule has 0 aromatic heterocycles. The third-order valence-electron chi connectivity index (χ3n) is 5.08. The van der Waals surface area contributed by atoms with Gasteiger partial charge in [0.05, 0.1) is 6.42 Å². The first kappa shape index (κ1) is 21.6. The van der Waals surface area contributed by atoms with Crippen molar-refractivity contribution >= 4 is 20.4 Å². The van der Waals surface area contributed by atoms with Crippen LogP contribution in [0.2, 0.25) is 16.6 Å². The molecular formula is C21H34O3Si. The summed E-state index contributed by atoms with van der Waals surface area (Å²) in [5.41, 5.74) is 4.04. The molecule has 0 amide bonds. The minimum absolute atomic E-state index is 0.0505. The Bertz CT molecular complexity index is 554. The Morgan fingerprint density at radius 3 is 2.16 bits per heavy atom. The predicted molar refractivity (Wildman–Crippen MR) is 108 cm³/mol. The van der Waals surface area contributed by atoms with E-state index >= 15 is 0 Å². The summed E-state index contributed by atoms with van der Waals surface area (Å²) in [5, 5.41) is 8.78. The summed E-state index contributed by atoms with van der Waals surface area (Å²) in [6.07, 6.45) is 4.52. The average Bonchev–Trinajstić information content (AvgIpc) is 2.51. The van der Waals surface area contributed by atoms with E-state index in [0.717, 1.165) is 18.6 Å². The van der Waals surface area contributed by atoms with E-state index in [2.05, 4.69) is 47.6 Å². The second-order valence-electron chi connectivity index (χ2n) is 7.62. The van der Waals surface area contributed by atoms with Crippen molar-refractivity contribution in [3.05, 3.63) is 41.5 Å². The first-order valence-corrected chi connectivity index (χ1v) is 11.5. The zero-order valence-electron chi connectivity index (χ0n) is 16.6. The molecule has 140 valence electrons. The van der Waals surface area contributed by atoms with E-state index in [9.17, 15) is 4.79 Å². The molecule has 1 N–H and O–H groups in total. The Kier molecular flexibility index (Phi) is 8.60. The predicted octanol–water partition coefficient (Wildman–Crippen LogP) is 5.91. The smallest absolute Gasteiger partial charge is 0.307 e. The number of hydrogen-bond acceptors (Lipinski definition) is 2. The maximum absolute atomic E-state index is 10.7. The molecule has 0 aliphatic carbocycles. The number of rotatable bonds is 10. The standard InChI is InChI=1S/C21H34O3Si/c1-16(2)25(17(3)4,18(5)6)24-15-14-20-11-8-7-10-19(20)12-9-13-21(22)23/h7-12,16-18H,13-15H2,1-6H3,(H,22,23). The van der Waals surface area contributed by atoms with Crippen molar-refractivity contribution in [2.75, 3.05) is 6.61 Å². The lowest BCUT2D eigenvalue weighted by atomic mass is 10.0. The summed E-state index contributed by atoms with van der Waals surface area (Å²) in [4.78, 5) is 10.7. The van der Waals surface area contributed by atoms with Crippen LogP contribution in [0.25, 0.3) is 6.08 Å².